The van der Waals surface area contributed by atoms with Crippen LogP contribution >= 0.6 is 0 Å². The molecule has 0 radical (unpaired) electrons. The summed E-state index contributed by atoms with van der Waals surface area (Å²) >= 11 is 0. The van der Waals surface area contributed by atoms with Gasteiger partial charge in [0, 0.05) is 6.54 Å². The molecule has 0 unspecified atom stereocenters. The van der Waals surface area contributed by atoms with Crippen LogP contribution in [0.4, 0.5) is 0 Å². The molecular weight excluding hydrogens is 250 g/mol. The minimum absolute atomic E-state index is 0.777. The second kappa shape index (κ2) is 8.15. The zero-order valence-electron chi connectivity index (χ0n) is 12.9. The van der Waals surface area contributed by atoms with E-state index in [1.807, 2.05) is 12.1 Å². The summed E-state index contributed by atoms with van der Waals surface area (Å²) in [5.74, 6) is 1.91. The molecule has 0 saturated carbocycles. The first kappa shape index (κ1) is 15.2. The molecule has 1 fully saturated rings. The van der Waals surface area contributed by atoms with Gasteiger partial charge in [0.2, 0.25) is 0 Å². The van der Waals surface area contributed by atoms with Gasteiger partial charge in [0.1, 0.15) is 18.1 Å². The molecule has 0 aliphatic carbocycles. The summed E-state index contributed by atoms with van der Waals surface area (Å²) in [6.45, 7) is 6.42. The van der Waals surface area contributed by atoms with E-state index in [2.05, 4.69) is 17.9 Å². The predicted octanol–water partition coefficient (Wildman–Crippen LogP) is 3.51. The molecule has 1 saturated heterocycles. The molecule has 1 aliphatic rings. The van der Waals surface area contributed by atoms with E-state index in [9.17, 15) is 0 Å². The van der Waals surface area contributed by atoms with Gasteiger partial charge >= 0.3 is 0 Å². The Morgan fingerprint density at radius 3 is 2.50 bits per heavy atom. The number of benzene rings is 1. The zero-order chi connectivity index (χ0) is 14.2. The molecule has 1 heterocycles. The third kappa shape index (κ3) is 4.41. The van der Waals surface area contributed by atoms with E-state index in [1.165, 1.54) is 44.3 Å². The Bertz CT molecular complexity index is 398. The van der Waals surface area contributed by atoms with Gasteiger partial charge in [-0.25, -0.2) is 0 Å². The van der Waals surface area contributed by atoms with E-state index in [-0.39, 0.29) is 0 Å². The average Bonchev–Trinajstić information content (AvgIpc) is 2.76. The number of methoxy groups -OCH3 is 1. The Hall–Kier alpha value is -1.22. The van der Waals surface area contributed by atoms with E-state index in [1.54, 1.807) is 7.11 Å². The molecule has 0 amide bonds. The maximum absolute atomic E-state index is 5.97. The second-order valence-corrected chi connectivity index (χ2v) is 5.43. The monoisotopic (exact) mass is 277 g/mol. The molecule has 20 heavy (non-hydrogen) atoms. The molecule has 3 heteroatoms. The van der Waals surface area contributed by atoms with E-state index in [0.29, 0.717) is 0 Å². The van der Waals surface area contributed by atoms with Crippen molar-refractivity contribution < 1.29 is 9.47 Å². The Kier molecular flexibility index (Phi) is 6.19. The van der Waals surface area contributed by atoms with Crippen molar-refractivity contribution in [1.29, 1.82) is 0 Å². The largest absolute Gasteiger partial charge is 0.497 e. The number of ether oxygens (including phenoxy) is 2. The maximum Gasteiger partial charge on any atom is 0.122 e. The van der Waals surface area contributed by atoms with Crippen LogP contribution in [-0.4, -0.2) is 38.3 Å². The van der Waals surface area contributed by atoms with Gasteiger partial charge in [0.25, 0.3) is 0 Å². The van der Waals surface area contributed by atoms with Crippen LogP contribution < -0.4 is 9.47 Å². The third-order valence-corrected chi connectivity index (χ3v) is 4.01. The molecule has 1 aromatic rings. The van der Waals surface area contributed by atoms with Crippen LogP contribution in [0.15, 0.2) is 18.2 Å². The predicted molar refractivity (Wildman–Crippen MR) is 82.8 cm³/mol. The molecular formula is C17H27NO2. The highest BCUT2D eigenvalue weighted by Crippen LogP contribution is 2.24. The van der Waals surface area contributed by atoms with Gasteiger partial charge in [-0.1, -0.05) is 19.8 Å². The van der Waals surface area contributed by atoms with Crippen molar-refractivity contribution in [3.63, 3.8) is 0 Å². The first-order valence-corrected chi connectivity index (χ1v) is 7.85. The van der Waals surface area contributed by atoms with Crippen molar-refractivity contribution in [2.24, 2.45) is 0 Å². The quantitative estimate of drug-likeness (QED) is 0.794. The first-order valence-electron chi connectivity index (χ1n) is 7.85. The van der Waals surface area contributed by atoms with Crippen molar-refractivity contribution in [1.82, 2.24) is 4.90 Å². The van der Waals surface area contributed by atoms with Crippen molar-refractivity contribution in [2.75, 3.05) is 33.4 Å². The highest BCUT2D eigenvalue weighted by molar-refractivity contribution is 5.40. The minimum atomic E-state index is 0.777. The summed E-state index contributed by atoms with van der Waals surface area (Å²) in [6.07, 6.45) is 6.41. The highest BCUT2D eigenvalue weighted by atomic mass is 16.5. The summed E-state index contributed by atoms with van der Waals surface area (Å²) in [5, 5.41) is 0. The fourth-order valence-corrected chi connectivity index (χ4v) is 2.74. The van der Waals surface area contributed by atoms with Gasteiger partial charge in [-0.2, -0.15) is 0 Å². The maximum atomic E-state index is 5.97. The van der Waals surface area contributed by atoms with Gasteiger partial charge < -0.3 is 9.47 Å². The normalized spacial score (nSPS) is 16.7. The summed E-state index contributed by atoms with van der Waals surface area (Å²) in [7, 11) is 1.70. The van der Waals surface area contributed by atoms with Gasteiger partial charge in [0.05, 0.1) is 7.11 Å². The number of likely N-dealkylation sites (tertiary alicyclic amines) is 1. The SMILES string of the molecule is CCc1cc(OC)ccc1OCCN1CCCCCC1. The fraction of sp³-hybridized carbons (Fsp3) is 0.647. The Morgan fingerprint density at radius 2 is 1.85 bits per heavy atom. The molecule has 2 rings (SSSR count). The van der Waals surface area contributed by atoms with Crippen LogP contribution in [0, 0.1) is 0 Å². The molecule has 1 aromatic carbocycles. The Labute approximate surface area is 122 Å². The van der Waals surface area contributed by atoms with Gasteiger partial charge in [-0.15, -0.1) is 0 Å². The lowest BCUT2D eigenvalue weighted by Crippen LogP contribution is -2.29. The number of rotatable bonds is 6. The third-order valence-electron chi connectivity index (χ3n) is 4.01. The molecule has 0 aromatic heterocycles. The molecule has 1 aliphatic heterocycles. The van der Waals surface area contributed by atoms with Crippen LogP contribution in [0.25, 0.3) is 0 Å². The standard InChI is InChI=1S/C17H27NO2/c1-3-15-14-16(19-2)8-9-17(15)20-13-12-18-10-6-4-5-7-11-18/h8-9,14H,3-7,10-13H2,1-2H3. The number of nitrogens with zero attached hydrogens (tertiary/aromatic N) is 1. The van der Waals surface area contributed by atoms with Crippen molar-refractivity contribution in [3.05, 3.63) is 23.8 Å². The van der Waals surface area contributed by atoms with Crippen LogP contribution in [0.5, 0.6) is 11.5 Å². The lowest BCUT2D eigenvalue weighted by molar-refractivity contribution is 0.213. The Balaban J connectivity index is 1.83. The van der Waals surface area contributed by atoms with Crippen LogP contribution in [0.1, 0.15) is 38.2 Å². The first-order chi connectivity index (χ1) is 9.83. The lowest BCUT2D eigenvalue weighted by atomic mass is 10.1. The molecule has 0 atom stereocenters. The lowest BCUT2D eigenvalue weighted by Gasteiger charge is -2.20. The van der Waals surface area contributed by atoms with Crippen LogP contribution in [-0.2, 0) is 6.42 Å². The minimum Gasteiger partial charge on any atom is -0.497 e. The fourth-order valence-electron chi connectivity index (χ4n) is 2.74. The molecule has 0 bridgehead atoms. The highest BCUT2D eigenvalue weighted by Gasteiger charge is 2.09. The number of hydrogen-bond acceptors (Lipinski definition) is 3. The smallest absolute Gasteiger partial charge is 0.122 e. The van der Waals surface area contributed by atoms with E-state index in [4.69, 9.17) is 9.47 Å². The van der Waals surface area contributed by atoms with E-state index >= 15 is 0 Å². The van der Waals surface area contributed by atoms with Crippen molar-refractivity contribution in [2.45, 2.75) is 39.0 Å². The van der Waals surface area contributed by atoms with Gasteiger partial charge in [0.15, 0.2) is 0 Å². The van der Waals surface area contributed by atoms with E-state index < -0.39 is 0 Å². The summed E-state index contributed by atoms with van der Waals surface area (Å²) in [6, 6.07) is 6.07. The van der Waals surface area contributed by atoms with Crippen molar-refractivity contribution >= 4 is 0 Å². The zero-order valence-corrected chi connectivity index (χ0v) is 12.9. The van der Waals surface area contributed by atoms with Crippen LogP contribution in [0.2, 0.25) is 0 Å². The summed E-state index contributed by atoms with van der Waals surface area (Å²) in [4.78, 5) is 2.53. The van der Waals surface area contributed by atoms with Crippen LogP contribution in [0.3, 0.4) is 0 Å². The van der Waals surface area contributed by atoms with Crippen molar-refractivity contribution in [3.8, 4) is 11.5 Å². The molecule has 0 N–H and O–H groups in total. The summed E-state index contributed by atoms with van der Waals surface area (Å²) < 4.78 is 11.2. The molecule has 3 nitrogen and oxygen atoms in total. The van der Waals surface area contributed by atoms with Gasteiger partial charge in [-0.3, -0.25) is 4.90 Å². The van der Waals surface area contributed by atoms with Gasteiger partial charge in [-0.05, 0) is 56.1 Å². The van der Waals surface area contributed by atoms with E-state index in [0.717, 1.165) is 31.1 Å². The summed E-state index contributed by atoms with van der Waals surface area (Å²) in [5.41, 5.74) is 1.22. The number of hydrogen-bond donors (Lipinski definition) is 0. The second-order valence-electron chi connectivity index (χ2n) is 5.43. The topological polar surface area (TPSA) is 21.7 Å². The molecule has 0 spiro atoms. The molecule has 112 valence electrons. The Morgan fingerprint density at radius 1 is 1.10 bits per heavy atom. The average molecular weight is 277 g/mol. The number of aryl methyl sites for hydroxylation is 1.